The molecule has 0 fully saturated rings. The van der Waals surface area contributed by atoms with E-state index in [2.05, 4.69) is 5.32 Å². The van der Waals surface area contributed by atoms with Crippen molar-refractivity contribution in [2.24, 2.45) is 5.73 Å². The summed E-state index contributed by atoms with van der Waals surface area (Å²) < 4.78 is 25.2. The average molecular weight is 286 g/mol. The van der Waals surface area contributed by atoms with E-state index in [1.807, 2.05) is 0 Å². The predicted molar refractivity (Wildman–Crippen MR) is 74.0 cm³/mol. The molecule has 7 nitrogen and oxygen atoms in total. The molecule has 0 aliphatic heterocycles. The number of sulfonamides is 1. The molecule has 0 saturated carbocycles. The van der Waals surface area contributed by atoms with Gasteiger partial charge in [0.2, 0.25) is 15.9 Å². The zero-order valence-electron chi connectivity index (χ0n) is 10.9. The van der Waals surface area contributed by atoms with Gasteiger partial charge in [0.05, 0.1) is 11.4 Å². The number of hydrogen-bond donors (Lipinski definition) is 3. The highest BCUT2D eigenvalue weighted by molar-refractivity contribution is 7.89. The third kappa shape index (κ3) is 3.58. The van der Waals surface area contributed by atoms with Crippen LogP contribution in [-0.2, 0) is 14.8 Å². The fraction of sp³-hybridized carbons (Fsp3) is 0.364. The van der Waals surface area contributed by atoms with Crippen molar-refractivity contribution < 1.29 is 13.2 Å². The summed E-state index contributed by atoms with van der Waals surface area (Å²) in [7, 11) is -0.730. The molecule has 0 saturated heterocycles. The second kappa shape index (κ2) is 5.89. The van der Waals surface area contributed by atoms with Gasteiger partial charge in [-0.1, -0.05) is 6.07 Å². The summed E-state index contributed by atoms with van der Waals surface area (Å²) in [6.07, 6.45) is 0.143. The van der Waals surface area contributed by atoms with Crippen molar-refractivity contribution in [1.29, 1.82) is 0 Å². The summed E-state index contributed by atoms with van der Waals surface area (Å²) in [5.41, 5.74) is 11.4. The van der Waals surface area contributed by atoms with Gasteiger partial charge in [-0.05, 0) is 12.1 Å². The average Bonchev–Trinajstić information content (AvgIpc) is 2.30. The summed E-state index contributed by atoms with van der Waals surface area (Å²) in [6, 6.07) is 4.66. The lowest BCUT2D eigenvalue weighted by atomic mass is 10.2. The highest BCUT2D eigenvalue weighted by atomic mass is 32.2. The molecule has 5 N–H and O–H groups in total. The Kier molecular flexibility index (Phi) is 4.73. The van der Waals surface area contributed by atoms with Gasteiger partial charge in [0.15, 0.2) is 0 Å². The number of anilines is 2. The lowest BCUT2D eigenvalue weighted by molar-refractivity contribution is -0.117. The van der Waals surface area contributed by atoms with Crippen LogP contribution in [0.3, 0.4) is 0 Å². The Hall–Kier alpha value is -1.80. The van der Waals surface area contributed by atoms with Crippen LogP contribution in [0.1, 0.15) is 6.42 Å². The molecule has 8 heteroatoms. The number of amides is 1. The van der Waals surface area contributed by atoms with Crippen LogP contribution in [-0.4, -0.2) is 39.3 Å². The molecule has 0 heterocycles. The van der Waals surface area contributed by atoms with Crippen molar-refractivity contribution in [3.05, 3.63) is 18.2 Å². The number of primary amides is 1. The summed E-state index contributed by atoms with van der Waals surface area (Å²) in [4.78, 5) is 10.7. The van der Waals surface area contributed by atoms with Crippen molar-refractivity contribution in [2.75, 3.05) is 31.7 Å². The minimum atomic E-state index is -3.59. The summed E-state index contributed by atoms with van der Waals surface area (Å²) in [5, 5.41) is 2.89. The van der Waals surface area contributed by atoms with Gasteiger partial charge in [0.25, 0.3) is 0 Å². The fourth-order valence-electron chi connectivity index (χ4n) is 1.44. The first-order valence-electron chi connectivity index (χ1n) is 5.60. The highest BCUT2D eigenvalue weighted by Crippen LogP contribution is 2.28. The van der Waals surface area contributed by atoms with E-state index in [4.69, 9.17) is 11.5 Å². The lowest BCUT2D eigenvalue weighted by Gasteiger charge is -2.16. The van der Waals surface area contributed by atoms with Crippen LogP contribution in [0.25, 0.3) is 0 Å². The summed E-state index contributed by atoms with van der Waals surface area (Å²) >= 11 is 0. The number of para-hydroxylation sites is 1. The number of benzene rings is 1. The summed E-state index contributed by atoms with van der Waals surface area (Å²) in [5.74, 6) is -0.442. The van der Waals surface area contributed by atoms with Gasteiger partial charge in [-0.3, -0.25) is 4.79 Å². The fourth-order valence-corrected chi connectivity index (χ4v) is 2.47. The number of carbonyl (C=O) groups excluding carboxylic acids is 1. The number of hydrogen-bond acceptors (Lipinski definition) is 5. The van der Waals surface area contributed by atoms with Crippen LogP contribution in [0.15, 0.2) is 23.1 Å². The van der Waals surface area contributed by atoms with Gasteiger partial charge in [-0.2, -0.15) is 0 Å². The molecule has 106 valence electrons. The Labute approximate surface area is 112 Å². The van der Waals surface area contributed by atoms with E-state index in [1.165, 1.54) is 20.2 Å². The Morgan fingerprint density at radius 3 is 2.53 bits per heavy atom. The second-order valence-electron chi connectivity index (χ2n) is 4.15. The maximum absolute atomic E-state index is 12.0. The molecule has 1 rings (SSSR count). The zero-order valence-corrected chi connectivity index (χ0v) is 11.7. The standard InChI is InChI=1S/C11H18N4O3S/c1-15(2)19(17,18)9-5-3-4-8(11(9)13)14-7-6-10(12)16/h3-5,14H,6-7,13H2,1-2H3,(H2,12,16). The van der Waals surface area contributed by atoms with E-state index in [-0.39, 0.29) is 17.0 Å². The Morgan fingerprint density at radius 1 is 1.37 bits per heavy atom. The lowest BCUT2D eigenvalue weighted by Crippen LogP contribution is -2.23. The van der Waals surface area contributed by atoms with Crippen LogP contribution < -0.4 is 16.8 Å². The smallest absolute Gasteiger partial charge is 0.244 e. The van der Waals surface area contributed by atoms with Crippen molar-refractivity contribution in [3.8, 4) is 0 Å². The number of rotatable bonds is 6. The molecule has 1 amide bonds. The molecule has 0 unspecified atom stereocenters. The van der Waals surface area contributed by atoms with Gasteiger partial charge in [-0.15, -0.1) is 0 Å². The van der Waals surface area contributed by atoms with Crippen molar-refractivity contribution >= 4 is 27.3 Å². The van der Waals surface area contributed by atoms with E-state index in [0.717, 1.165) is 4.31 Å². The molecular formula is C11H18N4O3S. The van der Waals surface area contributed by atoms with E-state index >= 15 is 0 Å². The Balaban J connectivity index is 3.02. The molecule has 1 aromatic carbocycles. The molecular weight excluding hydrogens is 268 g/mol. The molecule has 0 bridgehead atoms. The van der Waals surface area contributed by atoms with Crippen LogP contribution >= 0.6 is 0 Å². The number of nitrogen functional groups attached to an aromatic ring is 1. The maximum Gasteiger partial charge on any atom is 0.244 e. The SMILES string of the molecule is CN(C)S(=O)(=O)c1cccc(NCCC(N)=O)c1N. The summed E-state index contributed by atoms with van der Waals surface area (Å²) in [6.45, 7) is 0.297. The Morgan fingerprint density at radius 2 is 2.00 bits per heavy atom. The van der Waals surface area contributed by atoms with Crippen LogP contribution in [0.4, 0.5) is 11.4 Å². The zero-order chi connectivity index (χ0) is 14.6. The quantitative estimate of drug-likeness (QED) is 0.626. The van der Waals surface area contributed by atoms with Gasteiger partial charge >= 0.3 is 0 Å². The van der Waals surface area contributed by atoms with Crippen molar-refractivity contribution in [1.82, 2.24) is 4.31 Å². The molecule has 0 aliphatic carbocycles. The molecule has 0 aromatic heterocycles. The number of nitrogens with two attached hydrogens (primary N) is 2. The minimum Gasteiger partial charge on any atom is -0.396 e. The van der Waals surface area contributed by atoms with Gasteiger partial charge in [0.1, 0.15) is 4.90 Å². The molecule has 0 aliphatic rings. The van der Waals surface area contributed by atoms with Crippen molar-refractivity contribution in [3.63, 3.8) is 0 Å². The highest BCUT2D eigenvalue weighted by Gasteiger charge is 2.21. The monoisotopic (exact) mass is 286 g/mol. The third-order valence-electron chi connectivity index (χ3n) is 2.51. The minimum absolute atomic E-state index is 0.0292. The van der Waals surface area contributed by atoms with Gasteiger partial charge in [0, 0.05) is 27.1 Å². The molecule has 1 aromatic rings. The van der Waals surface area contributed by atoms with Gasteiger partial charge < -0.3 is 16.8 Å². The molecule has 0 atom stereocenters. The largest absolute Gasteiger partial charge is 0.396 e. The molecule has 0 radical (unpaired) electrons. The van der Waals surface area contributed by atoms with Crippen LogP contribution in [0.2, 0.25) is 0 Å². The first kappa shape index (κ1) is 15.3. The van der Waals surface area contributed by atoms with Gasteiger partial charge in [-0.25, -0.2) is 12.7 Å². The van der Waals surface area contributed by atoms with Crippen LogP contribution in [0.5, 0.6) is 0 Å². The predicted octanol–water partition coefficient (Wildman–Crippen LogP) is -0.194. The Bertz CT molecular complexity index is 569. The van der Waals surface area contributed by atoms with E-state index in [1.54, 1.807) is 12.1 Å². The van der Waals surface area contributed by atoms with E-state index in [0.29, 0.717) is 12.2 Å². The van der Waals surface area contributed by atoms with E-state index < -0.39 is 15.9 Å². The first-order valence-corrected chi connectivity index (χ1v) is 7.04. The number of nitrogens with one attached hydrogen (secondary N) is 1. The number of nitrogens with zero attached hydrogens (tertiary/aromatic N) is 1. The molecule has 0 spiro atoms. The maximum atomic E-state index is 12.0. The molecule has 19 heavy (non-hydrogen) atoms. The van der Waals surface area contributed by atoms with Crippen molar-refractivity contribution in [2.45, 2.75) is 11.3 Å². The third-order valence-corrected chi connectivity index (χ3v) is 4.38. The first-order chi connectivity index (χ1) is 8.76. The van der Waals surface area contributed by atoms with Crippen LogP contribution in [0, 0.1) is 0 Å². The normalized spacial score (nSPS) is 11.5. The number of carbonyl (C=O) groups is 1. The topological polar surface area (TPSA) is 119 Å². The van der Waals surface area contributed by atoms with E-state index in [9.17, 15) is 13.2 Å². The second-order valence-corrected chi connectivity index (χ2v) is 6.27.